The van der Waals surface area contributed by atoms with Gasteiger partial charge in [0, 0.05) is 12.5 Å². The average molecular weight is 289 g/mol. The molecule has 0 aliphatic heterocycles. The van der Waals surface area contributed by atoms with Crippen LogP contribution in [0.2, 0.25) is 0 Å². The van der Waals surface area contributed by atoms with E-state index in [1.165, 1.54) is 18.2 Å². The first-order valence-corrected chi connectivity index (χ1v) is 6.03. The van der Waals surface area contributed by atoms with Crippen LogP contribution in [0.25, 0.3) is 0 Å². The molecule has 0 unspecified atom stereocenters. The zero-order valence-corrected chi connectivity index (χ0v) is 10.9. The summed E-state index contributed by atoms with van der Waals surface area (Å²) >= 11 is 0. The van der Waals surface area contributed by atoms with Gasteiger partial charge in [0.2, 0.25) is 5.78 Å². The fourth-order valence-corrected chi connectivity index (χ4v) is 1.68. The van der Waals surface area contributed by atoms with Gasteiger partial charge in [-0.1, -0.05) is 12.1 Å². The van der Waals surface area contributed by atoms with Gasteiger partial charge in [0.25, 0.3) is 5.91 Å². The van der Waals surface area contributed by atoms with Crippen LogP contribution in [0.3, 0.4) is 0 Å². The molecule has 6 heteroatoms. The molecule has 108 valence electrons. The first-order chi connectivity index (χ1) is 9.95. The molecule has 1 aromatic heterocycles. The number of rotatable bonds is 5. The minimum Gasteiger partial charge on any atom is -0.503 e. The SMILES string of the molecule is NC(=O)C(O)=CC(=O)c1ccc(Cc2ccc(F)cc2)o1. The second kappa shape index (κ2) is 6.04. The summed E-state index contributed by atoms with van der Waals surface area (Å²) < 4.78 is 18.1. The molecule has 0 fully saturated rings. The molecule has 1 amide bonds. The molecule has 0 atom stereocenters. The van der Waals surface area contributed by atoms with E-state index in [9.17, 15) is 14.0 Å². The summed E-state index contributed by atoms with van der Waals surface area (Å²) in [6.45, 7) is 0. The Bertz CT molecular complexity index is 701. The number of aliphatic hydroxyl groups excluding tert-OH is 1. The molecule has 2 rings (SSSR count). The molecule has 2 aromatic rings. The summed E-state index contributed by atoms with van der Waals surface area (Å²) in [4.78, 5) is 22.3. The Kier molecular flexibility index (Phi) is 4.18. The van der Waals surface area contributed by atoms with Crippen molar-refractivity contribution in [2.75, 3.05) is 0 Å². The topological polar surface area (TPSA) is 93.5 Å². The standard InChI is InChI=1S/C15H12FNO4/c16-10-3-1-9(2-4-10)7-11-5-6-14(21-11)12(18)8-13(19)15(17)20/h1-6,8,19H,7H2,(H2,17,20). The van der Waals surface area contributed by atoms with Crippen molar-refractivity contribution in [1.29, 1.82) is 0 Å². The lowest BCUT2D eigenvalue weighted by molar-refractivity contribution is -0.116. The zero-order valence-electron chi connectivity index (χ0n) is 10.9. The highest BCUT2D eigenvalue weighted by Gasteiger charge is 2.12. The van der Waals surface area contributed by atoms with Gasteiger partial charge < -0.3 is 15.3 Å². The van der Waals surface area contributed by atoms with Crippen molar-refractivity contribution in [3.05, 3.63) is 71.1 Å². The van der Waals surface area contributed by atoms with E-state index >= 15 is 0 Å². The van der Waals surface area contributed by atoms with E-state index in [1.54, 1.807) is 18.2 Å². The maximum Gasteiger partial charge on any atom is 0.283 e. The Hall–Kier alpha value is -2.89. The monoisotopic (exact) mass is 289 g/mol. The van der Waals surface area contributed by atoms with Crippen molar-refractivity contribution in [2.24, 2.45) is 5.73 Å². The molecule has 5 nitrogen and oxygen atoms in total. The molecule has 0 saturated heterocycles. The van der Waals surface area contributed by atoms with Crippen LogP contribution < -0.4 is 5.73 Å². The van der Waals surface area contributed by atoms with Gasteiger partial charge in [-0.25, -0.2) is 4.39 Å². The van der Waals surface area contributed by atoms with E-state index in [0.29, 0.717) is 18.3 Å². The molecule has 0 aliphatic carbocycles. The number of primary amides is 1. The highest BCUT2D eigenvalue weighted by Crippen LogP contribution is 2.15. The number of benzene rings is 1. The largest absolute Gasteiger partial charge is 0.503 e. The normalized spacial score (nSPS) is 11.4. The number of halogens is 1. The van der Waals surface area contributed by atoms with E-state index in [1.807, 2.05) is 0 Å². The van der Waals surface area contributed by atoms with Crippen molar-refractivity contribution in [3.63, 3.8) is 0 Å². The van der Waals surface area contributed by atoms with Crippen molar-refractivity contribution in [3.8, 4) is 0 Å². The molecule has 0 spiro atoms. The van der Waals surface area contributed by atoms with Gasteiger partial charge in [-0.15, -0.1) is 0 Å². The predicted molar refractivity (Wildman–Crippen MR) is 72.2 cm³/mol. The molecular weight excluding hydrogens is 277 g/mol. The first-order valence-electron chi connectivity index (χ1n) is 6.03. The predicted octanol–water partition coefficient (Wildman–Crippen LogP) is 2.12. The fourth-order valence-electron chi connectivity index (χ4n) is 1.68. The van der Waals surface area contributed by atoms with Gasteiger partial charge in [-0.05, 0) is 29.8 Å². The number of hydrogen-bond donors (Lipinski definition) is 2. The van der Waals surface area contributed by atoms with Crippen molar-refractivity contribution >= 4 is 11.7 Å². The second-order valence-electron chi connectivity index (χ2n) is 4.33. The van der Waals surface area contributed by atoms with E-state index in [2.05, 4.69) is 0 Å². The number of furan rings is 1. The van der Waals surface area contributed by atoms with Gasteiger partial charge >= 0.3 is 0 Å². The molecular formula is C15H12FNO4. The third-order valence-electron chi connectivity index (χ3n) is 2.72. The fraction of sp³-hybridized carbons (Fsp3) is 0.0667. The Morgan fingerprint density at radius 2 is 1.86 bits per heavy atom. The van der Waals surface area contributed by atoms with Gasteiger partial charge in [0.05, 0.1) is 0 Å². The first kappa shape index (κ1) is 14.5. The summed E-state index contributed by atoms with van der Waals surface area (Å²) in [7, 11) is 0. The Morgan fingerprint density at radius 3 is 2.48 bits per heavy atom. The van der Waals surface area contributed by atoms with Crippen molar-refractivity contribution in [2.45, 2.75) is 6.42 Å². The van der Waals surface area contributed by atoms with Crippen LogP contribution in [0.5, 0.6) is 0 Å². The van der Waals surface area contributed by atoms with Crippen LogP contribution in [0, 0.1) is 5.82 Å². The van der Waals surface area contributed by atoms with E-state index in [0.717, 1.165) is 5.56 Å². The highest BCUT2D eigenvalue weighted by atomic mass is 19.1. The van der Waals surface area contributed by atoms with E-state index in [-0.39, 0.29) is 11.6 Å². The quantitative estimate of drug-likeness (QED) is 0.501. The molecule has 21 heavy (non-hydrogen) atoms. The zero-order chi connectivity index (χ0) is 15.4. The lowest BCUT2D eigenvalue weighted by Crippen LogP contribution is -2.14. The summed E-state index contributed by atoms with van der Waals surface area (Å²) in [5.41, 5.74) is 5.63. The summed E-state index contributed by atoms with van der Waals surface area (Å²) in [6, 6.07) is 8.89. The molecule has 0 aliphatic rings. The van der Waals surface area contributed by atoms with Crippen LogP contribution in [0.15, 0.2) is 52.7 Å². The lowest BCUT2D eigenvalue weighted by Gasteiger charge is -1.98. The lowest BCUT2D eigenvalue weighted by atomic mass is 10.1. The molecule has 3 N–H and O–H groups in total. The molecule has 0 bridgehead atoms. The summed E-state index contributed by atoms with van der Waals surface area (Å²) in [6.07, 6.45) is 1.09. The summed E-state index contributed by atoms with van der Waals surface area (Å²) in [5.74, 6) is -2.47. The number of aliphatic hydroxyl groups is 1. The Balaban J connectivity index is 2.11. The second-order valence-corrected chi connectivity index (χ2v) is 4.33. The smallest absolute Gasteiger partial charge is 0.283 e. The number of amides is 1. The molecule has 1 aromatic carbocycles. The van der Waals surface area contributed by atoms with Gasteiger partial charge in [-0.2, -0.15) is 0 Å². The van der Waals surface area contributed by atoms with Crippen molar-refractivity contribution < 1.29 is 23.5 Å². The Morgan fingerprint density at radius 1 is 1.19 bits per heavy atom. The van der Waals surface area contributed by atoms with Crippen molar-refractivity contribution in [1.82, 2.24) is 0 Å². The third kappa shape index (κ3) is 3.79. The Labute approximate surface area is 119 Å². The number of hydrogen-bond acceptors (Lipinski definition) is 4. The maximum absolute atomic E-state index is 12.8. The molecule has 0 radical (unpaired) electrons. The van der Waals surface area contributed by atoms with Gasteiger partial charge in [-0.3, -0.25) is 9.59 Å². The highest BCUT2D eigenvalue weighted by molar-refractivity contribution is 6.06. The minimum absolute atomic E-state index is 0.0279. The maximum atomic E-state index is 12.8. The number of carbonyl (C=O) groups is 2. The molecule has 1 heterocycles. The van der Waals surface area contributed by atoms with E-state index < -0.39 is 17.4 Å². The van der Waals surface area contributed by atoms with Crippen LogP contribution in [-0.4, -0.2) is 16.8 Å². The average Bonchev–Trinajstić information content (AvgIpc) is 2.90. The molecule has 0 saturated carbocycles. The van der Waals surface area contributed by atoms with Crippen LogP contribution >= 0.6 is 0 Å². The van der Waals surface area contributed by atoms with Crippen LogP contribution in [0.1, 0.15) is 21.9 Å². The third-order valence-corrected chi connectivity index (χ3v) is 2.72. The number of allylic oxidation sites excluding steroid dienone is 1. The van der Waals surface area contributed by atoms with E-state index in [4.69, 9.17) is 15.3 Å². The van der Waals surface area contributed by atoms with Gasteiger partial charge in [0.1, 0.15) is 11.6 Å². The number of ketones is 1. The van der Waals surface area contributed by atoms with Crippen LogP contribution in [0.4, 0.5) is 4.39 Å². The number of carbonyl (C=O) groups excluding carboxylic acids is 2. The van der Waals surface area contributed by atoms with Gasteiger partial charge in [0.15, 0.2) is 11.5 Å². The minimum atomic E-state index is -1.10. The summed E-state index contributed by atoms with van der Waals surface area (Å²) in [5, 5.41) is 9.11. The van der Waals surface area contributed by atoms with Crippen LogP contribution in [-0.2, 0) is 11.2 Å². The number of nitrogens with two attached hydrogens (primary N) is 1.